The average molecular weight is 642 g/mol. The highest BCUT2D eigenvalue weighted by Gasteiger charge is 2.50. The van der Waals surface area contributed by atoms with Gasteiger partial charge in [-0.05, 0) is 52.4 Å². The maximum absolute atomic E-state index is 6.74. The van der Waals surface area contributed by atoms with E-state index in [-0.39, 0.29) is 6.04 Å². The van der Waals surface area contributed by atoms with Crippen LogP contribution in [-0.2, 0) is 5.41 Å². The fourth-order valence-electron chi connectivity index (χ4n) is 8.07. The van der Waals surface area contributed by atoms with E-state index in [0.717, 1.165) is 57.1 Å². The molecule has 0 amide bonds. The molecule has 7 aromatic rings. The number of hydrogen-bond donors (Lipinski definition) is 0. The molecule has 236 valence electrons. The molecule has 2 aliphatic heterocycles. The number of aromatic nitrogens is 2. The van der Waals surface area contributed by atoms with Crippen LogP contribution < -0.4 is 4.74 Å². The summed E-state index contributed by atoms with van der Waals surface area (Å²) in [4.78, 5) is 15.1. The molecule has 3 heterocycles. The number of dihydropyridines is 1. The third-order valence-electron chi connectivity index (χ3n) is 10.3. The minimum atomic E-state index is -0.460. The predicted molar refractivity (Wildman–Crippen MR) is 201 cm³/mol. The average Bonchev–Trinajstić information content (AvgIpc) is 3.49. The number of fused-ring (bicyclic) bond motifs is 9. The van der Waals surface area contributed by atoms with Gasteiger partial charge in [-0.15, -0.1) is 0 Å². The molecule has 4 heteroatoms. The van der Waals surface area contributed by atoms with Crippen LogP contribution in [0.5, 0.6) is 11.5 Å². The first-order valence-electron chi connectivity index (χ1n) is 17.1. The van der Waals surface area contributed by atoms with Gasteiger partial charge in [0.2, 0.25) is 0 Å². The summed E-state index contributed by atoms with van der Waals surface area (Å²) in [6, 6.07) is 55.4. The molecule has 1 unspecified atom stereocenters. The van der Waals surface area contributed by atoms with Crippen molar-refractivity contribution in [1.82, 2.24) is 9.97 Å². The Morgan fingerprint density at radius 3 is 1.82 bits per heavy atom. The van der Waals surface area contributed by atoms with Crippen molar-refractivity contribution in [3.8, 4) is 45.3 Å². The van der Waals surface area contributed by atoms with Crippen molar-refractivity contribution >= 4 is 11.8 Å². The van der Waals surface area contributed by atoms with Gasteiger partial charge in [0.15, 0.2) is 5.82 Å². The molecule has 3 aliphatic rings. The van der Waals surface area contributed by atoms with E-state index in [4.69, 9.17) is 19.7 Å². The summed E-state index contributed by atoms with van der Waals surface area (Å²) in [6.45, 7) is 0. The number of aliphatic imine (C=N–C) groups is 1. The second kappa shape index (κ2) is 11.4. The summed E-state index contributed by atoms with van der Waals surface area (Å²) < 4.78 is 6.74. The van der Waals surface area contributed by atoms with E-state index in [1.54, 1.807) is 0 Å². The van der Waals surface area contributed by atoms with Crippen molar-refractivity contribution in [2.24, 2.45) is 4.99 Å². The lowest BCUT2D eigenvalue weighted by Crippen LogP contribution is -2.32. The van der Waals surface area contributed by atoms with Crippen LogP contribution in [0.15, 0.2) is 169 Å². The standard InChI is InChI=1S/C46H31N3O/c1-3-13-30(14-4-1)41-28-42(49-45(48-41)31-15-5-2-6-16-31)33-24-26-40(47-29-33)32-23-25-39-44(27-32)50-43-22-12-11-21-38(43)46(39)36-19-9-7-17-34(36)35-18-8-10-20-37(35)46/h1-25,27-29,40H,26H2. The predicted octanol–water partition coefficient (Wildman–Crippen LogP) is 10.9. The largest absolute Gasteiger partial charge is 0.457 e. The van der Waals surface area contributed by atoms with Gasteiger partial charge in [-0.2, -0.15) is 0 Å². The first-order chi connectivity index (χ1) is 24.8. The Kier molecular flexibility index (Phi) is 6.50. The Morgan fingerprint density at radius 2 is 1.12 bits per heavy atom. The molecule has 0 radical (unpaired) electrons. The van der Waals surface area contributed by atoms with Crippen LogP contribution in [0.1, 0.15) is 46.0 Å². The first-order valence-corrected chi connectivity index (χ1v) is 17.1. The maximum Gasteiger partial charge on any atom is 0.160 e. The molecular weight excluding hydrogens is 611 g/mol. The third kappa shape index (κ3) is 4.35. The molecule has 1 spiro atoms. The SMILES string of the molecule is C1=NC(c2ccc3c(c2)Oc2ccccc2C32c3ccccc3-c3ccccc32)CC=C1c1cc(-c2ccccc2)nc(-c2ccccc2)n1. The molecule has 0 bridgehead atoms. The minimum Gasteiger partial charge on any atom is -0.457 e. The topological polar surface area (TPSA) is 47.4 Å². The van der Waals surface area contributed by atoms with Crippen LogP contribution in [0.2, 0.25) is 0 Å². The molecule has 1 atom stereocenters. The molecule has 1 aromatic heterocycles. The van der Waals surface area contributed by atoms with Gasteiger partial charge < -0.3 is 4.74 Å². The van der Waals surface area contributed by atoms with E-state index in [2.05, 4.69) is 127 Å². The Morgan fingerprint density at radius 1 is 0.520 bits per heavy atom. The van der Waals surface area contributed by atoms with Gasteiger partial charge in [-0.3, -0.25) is 4.99 Å². The zero-order valence-corrected chi connectivity index (χ0v) is 27.2. The number of rotatable bonds is 4. The molecule has 4 nitrogen and oxygen atoms in total. The van der Waals surface area contributed by atoms with Crippen LogP contribution in [0.4, 0.5) is 0 Å². The highest BCUT2D eigenvalue weighted by atomic mass is 16.5. The monoisotopic (exact) mass is 641 g/mol. The van der Waals surface area contributed by atoms with Crippen LogP contribution in [0.25, 0.3) is 39.3 Å². The maximum atomic E-state index is 6.74. The number of nitrogens with zero attached hydrogens (tertiary/aromatic N) is 3. The highest BCUT2D eigenvalue weighted by Crippen LogP contribution is 2.62. The second-order valence-corrected chi connectivity index (χ2v) is 13.1. The van der Waals surface area contributed by atoms with Gasteiger partial charge in [-0.25, -0.2) is 9.97 Å². The Labute approximate surface area is 291 Å². The lowest BCUT2D eigenvalue weighted by Gasteiger charge is -2.39. The molecule has 10 rings (SSSR count). The van der Waals surface area contributed by atoms with Crippen molar-refractivity contribution in [3.63, 3.8) is 0 Å². The van der Waals surface area contributed by atoms with Gasteiger partial charge in [0, 0.05) is 34.0 Å². The molecule has 0 fully saturated rings. The minimum absolute atomic E-state index is 0.0343. The molecule has 0 saturated heterocycles. The Bertz CT molecular complexity index is 2400. The van der Waals surface area contributed by atoms with Crippen molar-refractivity contribution in [2.45, 2.75) is 17.9 Å². The molecule has 0 saturated carbocycles. The van der Waals surface area contributed by atoms with E-state index >= 15 is 0 Å². The number of hydrogen-bond acceptors (Lipinski definition) is 4. The summed E-state index contributed by atoms with van der Waals surface area (Å²) >= 11 is 0. The molecule has 1 aliphatic carbocycles. The van der Waals surface area contributed by atoms with E-state index in [9.17, 15) is 0 Å². The van der Waals surface area contributed by atoms with Crippen LogP contribution in [0, 0.1) is 0 Å². The van der Waals surface area contributed by atoms with Crippen LogP contribution in [-0.4, -0.2) is 16.2 Å². The van der Waals surface area contributed by atoms with Gasteiger partial charge >= 0.3 is 0 Å². The molecule has 6 aromatic carbocycles. The zero-order valence-electron chi connectivity index (χ0n) is 27.2. The van der Waals surface area contributed by atoms with Gasteiger partial charge in [-0.1, -0.05) is 146 Å². The van der Waals surface area contributed by atoms with E-state index in [1.165, 1.54) is 27.8 Å². The van der Waals surface area contributed by atoms with E-state index in [1.807, 2.05) is 42.6 Å². The molecule has 0 N–H and O–H groups in total. The fourth-order valence-corrected chi connectivity index (χ4v) is 8.07. The molecular formula is C46H31N3O. The van der Waals surface area contributed by atoms with E-state index < -0.39 is 5.41 Å². The van der Waals surface area contributed by atoms with Gasteiger partial charge in [0.05, 0.1) is 22.8 Å². The van der Waals surface area contributed by atoms with E-state index in [0.29, 0.717) is 5.82 Å². The Balaban J connectivity index is 1.03. The van der Waals surface area contributed by atoms with Crippen molar-refractivity contribution in [3.05, 3.63) is 197 Å². The van der Waals surface area contributed by atoms with Crippen molar-refractivity contribution in [1.29, 1.82) is 0 Å². The lowest BCUT2D eigenvalue weighted by atomic mass is 9.66. The Hall–Kier alpha value is -6.39. The van der Waals surface area contributed by atoms with Crippen molar-refractivity contribution in [2.75, 3.05) is 0 Å². The van der Waals surface area contributed by atoms with Gasteiger partial charge in [0.1, 0.15) is 11.5 Å². The quantitative estimate of drug-likeness (QED) is 0.192. The summed E-state index contributed by atoms with van der Waals surface area (Å²) in [5.41, 5.74) is 13.0. The number of ether oxygens (including phenoxy) is 1. The van der Waals surface area contributed by atoms with Gasteiger partial charge in [0.25, 0.3) is 0 Å². The van der Waals surface area contributed by atoms with Crippen molar-refractivity contribution < 1.29 is 4.74 Å². The van der Waals surface area contributed by atoms with Crippen LogP contribution >= 0.6 is 0 Å². The normalized spacial score (nSPS) is 16.1. The summed E-state index contributed by atoms with van der Waals surface area (Å²) in [6.07, 6.45) is 4.98. The molecule has 50 heavy (non-hydrogen) atoms. The first kappa shape index (κ1) is 28.6. The highest BCUT2D eigenvalue weighted by molar-refractivity contribution is 6.10. The fraction of sp³-hybridized carbons (Fsp3) is 0.0652. The lowest BCUT2D eigenvalue weighted by molar-refractivity contribution is 0.435. The summed E-state index contributed by atoms with van der Waals surface area (Å²) in [5, 5.41) is 0. The summed E-state index contributed by atoms with van der Waals surface area (Å²) in [5.74, 6) is 2.48. The number of allylic oxidation sites excluding steroid dienone is 1. The number of para-hydroxylation sites is 1. The smallest absolute Gasteiger partial charge is 0.160 e. The third-order valence-corrected chi connectivity index (χ3v) is 10.3. The van der Waals surface area contributed by atoms with Crippen LogP contribution in [0.3, 0.4) is 0 Å². The zero-order chi connectivity index (χ0) is 33.1. The number of benzene rings is 6. The summed E-state index contributed by atoms with van der Waals surface area (Å²) in [7, 11) is 0. The second-order valence-electron chi connectivity index (χ2n) is 13.1.